The molecular weight excluding hydrogens is 364 g/mol. The second kappa shape index (κ2) is 7.05. The lowest BCUT2D eigenvalue weighted by atomic mass is 9.91. The van der Waals surface area contributed by atoms with Crippen LogP contribution in [0.2, 0.25) is 0 Å². The van der Waals surface area contributed by atoms with Crippen molar-refractivity contribution in [3.8, 4) is 17.2 Å². The van der Waals surface area contributed by atoms with E-state index in [9.17, 15) is 14.7 Å². The zero-order valence-corrected chi connectivity index (χ0v) is 15.3. The molecule has 0 aliphatic carbocycles. The van der Waals surface area contributed by atoms with Crippen LogP contribution in [0.15, 0.2) is 48.5 Å². The molecule has 0 radical (unpaired) electrons. The number of hydrogen-bond acceptors (Lipinski definition) is 6. The quantitative estimate of drug-likeness (QED) is 0.735. The third kappa shape index (κ3) is 3.22. The first-order valence-electron chi connectivity index (χ1n) is 8.87. The Labute approximate surface area is 161 Å². The number of nitrogens with zero attached hydrogens (tertiary/aromatic N) is 1. The largest absolute Gasteiger partial charge is 0.491 e. The van der Waals surface area contributed by atoms with Gasteiger partial charge in [-0.05, 0) is 36.8 Å². The summed E-state index contributed by atoms with van der Waals surface area (Å²) in [5.41, 5.74) is -0.675. The van der Waals surface area contributed by atoms with Gasteiger partial charge in [0.15, 0.2) is 11.5 Å². The molecule has 4 rings (SSSR count). The maximum atomic E-state index is 13.0. The third-order valence-corrected chi connectivity index (χ3v) is 4.80. The Kier molecular flexibility index (Phi) is 4.56. The molecule has 8 heteroatoms. The average molecular weight is 384 g/mol. The van der Waals surface area contributed by atoms with E-state index in [4.69, 9.17) is 14.2 Å². The molecular formula is C20H20N2O6. The minimum absolute atomic E-state index is 0.0399. The van der Waals surface area contributed by atoms with Crippen molar-refractivity contribution in [3.05, 3.63) is 54.1 Å². The number of nitrogens with one attached hydrogen (secondary N) is 1. The lowest BCUT2D eigenvalue weighted by Crippen LogP contribution is -2.42. The SMILES string of the molecule is C[C@@]1(c2ccc3c(c2)OCO3)NC(=O)N(C[C@@H](O)COc2ccccc2)C1=O. The van der Waals surface area contributed by atoms with Crippen molar-refractivity contribution in [1.82, 2.24) is 10.2 Å². The molecule has 2 aliphatic rings. The number of fused-ring (bicyclic) bond motifs is 1. The highest BCUT2D eigenvalue weighted by Crippen LogP contribution is 2.37. The van der Waals surface area contributed by atoms with Crippen LogP contribution in [0, 0.1) is 0 Å². The summed E-state index contributed by atoms with van der Waals surface area (Å²) in [4.78, 5) is 26.4. The number of benzene rings is 2. The van der Waals surface area contributed by atoms with E-state index in [1.165, 1.54) is 0 Å². The molecule has 2 aromatic carbocycles. The summed E-state index contributed by atoms with van der Waals surface area (Å²) < 4.78 is 16.1. The molecule has 146 valence electrons. The number of imide groups is 1. The van der Waals surface area contributed by atoms with E-state index in [1.807, 2.05) is 18.2 Å². The van der Waals surface area contributed by atoms with Gasteiger partial charge in [0, 0.05) is 0 Å². The fraction of sp³-hybridized carbons (Fsp3) is 0.300. The summed E-state index contributed by atoms with van der Waals surface area (Å²) in [6.07, 6.45) is -1.02. The molecule has 1 fully saturated rings. The van der Waals surface area contributed by atoms with Crippen LogP contribution in [0.5, 0.6) is 17.2 Å². The van der Waals surface area contributed by atoms with Gasteiger partial charge >= 0.3 is 6.03 Å². The number of aliphatic hydroxyl groups excluding tert-OH is 1. The smallest absolute Gasteiger partial charge is 0.325 e. The summed E-state index contributed by atoms with van der Waals surface area (Å²) in [7, 11) is 0. The van der Waals surface area contributed by atoms with E-state index in [0.29, 0.717) is 22.8 Å². The fourth-order valence-electron chi connectivity index (χ4n) is 3.24. The number of hydrogen-bond donors (Lipinski definition) is 2. The van der Waals surface area contributed by atoms with E-state index in [1.54, 1.807) is 37.3 Å². The number of para-hydroxylation sites is 1. The minimum Gasteiger partial charge on any atom is -0.491 e. The maximum absolute atomic E-state index is 13.0. The average Bonchev–Trinajstić information content (AvgIpc) is 3.25. The van der Waals surface area contributed by atoms with Gasteiger partial charge in [-0.25, -0.2) is 4.79 Å². The molecule has 3 amide bonds. The van der Waals surface area contributed by atoms with Crippen LogP contribution in [-0.4, -0.2) is 48.0 Å². The van der Waals surface area contributed by atoms with E-state index < -0.39 is 23.6 Å². The Hall–Kier alpha value is -3.26. The number of amides is 3. The van der Waals surface area contributed by atoms with Gasteiger partial charge < -0.3 is 24.6 Å². The van der Waals surface area contributed by atoms with E-state index in [-0.39, 0.29) is 19.9 Å². The van der Waals surface area contributed by atoms with Crippen LogP contribution in [0.4, 0.5) is 4.79 Å². The second-order valence-electron chi connectivity index (χ2n) is 6.82. The van der Waals surface area contributed by atoms with Crippen molar-refractivity contribution >= 4 is 11.9 Å². The van der Waals surface area contributed by atoms with Gasteiger partial charge in [0.25, 0.3) is 5.91 Å². The molecule has 0 aromatic heterocycles. The fourth-order valence-corrected chi connectivity index (χ4v) is 3.24. The lowest BCUT2D eigenvalue weighted by Gasteiger charge is -2.23. The summed E-state index contributed by atoms with van der Waals surface area (Å²) >= 11 is 0. The summed E-state index contributed by atoms with van der Waals surface area (Å²) in [5, 5.41) is 12.9. The van der Waals surface area contributed by atoms with Crippen molar-refractivity contribution in [2.45, 2.75) is 18.6 Å². The Bertz CT molecular complexity index is 903. The van der Waals surface area contributed by atoms with Gasteiger partial charge in [0.05, 0.1) is 6.54 Å². The van der Waals surface area contributed by atoms with Crippen LogP contribution in [-0.2, 0) is 10.3 Å². The van der Waals surface area contributed by atoms with Crippen LogP contribution in [0.3, 0.4) is 0 Å². The predicted octanol–water partition coefficient (Wildman–Crippen LogP) is 1.62. The topological polar surface area (TPSA) is 97.3 Å². The highest BCUT2D eigenvalue weighted by Gasteiger charge is 2.49. The van der Waals surface area contributed by atoms with Gasteiger partial charge in [-0.15, -0.1) is 0 Å². The first-order valence-corrected chi connectivity index (χ1v) is 8.87. The van der Waals surface area contributed by atoms with Gasteiger partial charge in [0.2, 0.25) is 6.79 Å². The van der Waals surface area contributed by atoms with Gasteiger partial charge in [-0.2, -0.15) is 0 Å². The van der Waals surface area contributed by atoms with Gasteiger partial charge in [-0.1, -0.05) is 24.3 Å². The molecule has 2 aliphatic heterocycles. The Morgan fingerprint density at radius 2 is 1.93 bits per heavy atom. The molecule has 0 unspecified atom stereocenters. The Morgan fingerprint density at radius 1 is 1.18 bits per heavy atom. The van der Waals surface area contributed by atoms with E-state index in [2.05, 4.69) is 5.32 Å². The molecule has 2 N–H and O–H groups in total. The van der Waals surface area contributed by atoms with Crippen molar-refractivity contribution in [3.63, 3.8) is 0 Å². The molecule has 2 aromatic rings. The molecule has 8 nitrogen and oxygen atoms in total. The number of carbonyl (C=O) groups excluding carboxylic acids is 2. The maximum Gasteiger partial charge on any atom is 0.325 e. The van der Waals surface area contributed by atoms with E-state index in [0.717, 1.165) is 4.90 Å². The molecule has 2 heterocycles. The summed E-state index contributed by atoms with van der Waals surface area (Å²) in [6.45, 7) is 1.53. The van der Waals surface area contributed by atoms with Crippen molar-refractivity contribution in [2.24, 2.45) is 0 Å². The van der Waals surface area contributed by atoms with Crippen LogP contribution < -0.4 is 19.5 Å². The second-order valence-corrected chi connectivity index (χ2v) is 6.82. The van der Waals surface area contributed by atoms with Gasteiger partial charge in [0.1, 0.15) is 24.0 Å². The van der Waals surface area contributed by atoms with Crippen LogP contribution in [0.1, 0.15) is 12.5 Å². The normalized spacial score (nSPS) is 21.6. The van der Waals surface area contributed by atoms with Crippen LogP contribution >= 0.6 is 0 Å². The highest BCUT2D eigenvalue weighted by atomic mass is 16.7. The van der Waals surface area contributed by atoms with E-state index >= 15 is 0 Å². The van der Waals surface area contributed by atoms with Gasteiger partial charge in [-0.3, -0.25) is 9.69 Å². The third-order valence-electron chi connectivity index (χ3n) is 4.80. The number of β-amino-alcohol motifs (C(OH)–C–C–N with tert-alkyl or cyclic N) is 1. The molecule has 2 atom stereocenters. The number of ether oxygens (including phenoxy) is 3. The molecule has 28 heavy (non-hydrogen) atoms. The van der Waals surface area contributed by atoms with Crippen molar-refractivity contribution < 1.29 is 28.9 Å². The highest BCUT2D eigenvalue weighted by molar-refractivity contribution is 6.07. The standard InChI is InChI=1S/C20H20N2O6/c1-20(13-7-8-16-17(9-13)28-12-27-16)18(24)22(19(25)21-20)10-14(23)11-26-15-5-3-2-4-6-15/h2-9,14,23H,10-12H2,1H3,(H,21,25)/t14-,20+/m1/s1. The zero-order valence-electron chi connectivity index (χ0n) is 15.3. The molecule has 1 saturated heterocycles. The molecule has 0 saturated carbocycles. The Morgan fingerprint density at radius 3 is 2.71 bits per heavy atom. The minimum atomic E-state index is -1.25. The van der Waals surface area contributed by atoms with Crippen LogP contribution in [0.25, 0.3) is 0 Å². The number of rotatable bonds is 6. The zero-order chi connectivity index (χ0) is 19.7. The van der Waals surface area contributed by atoms with Crippen molar-refractivity contribution in [2.75, 3.05) is 19.9 Å². The molecule has 0 spiro atoms. The molecule has 0 bridgehead atoms. The number of aliphatic hydroxyl groups is 1. The first-order chi connectivity index (χ1) is 13.5. The first kappa shape index (κ1) is 18.1. The number of carbonyl (C=O) groups is 2. The lowest BCUT2D eigenvalue weighted by molar-refractivity contribution is -0.132. The number of urea groups is 1. The summed E-state index contributed by atoms with van der Waals surface area (Å²) in [5.74, 6) is 1.27. The summed E-state index contributed by atoms with van der Waals surface area (Å²) in [6, 6.07) is 13.5. The van der Waals surface area contributed by atoms with Crippen molar-refractivity contribution in [1.29, 1.82) is 0 Å². The Balaban J connectivity index is 1.44. The predicted molar refractivity (Wildman–Crippen MR) is 98.1 cm³/mol. The monoisotopic (exact) mass is 384 g/mol.